The Morgan fingerprint density at radius 1 is 1.00 bits per heavy atom. The summed E-state index contributed by atoms with van der Waals surface area (Å²) in [6.07, 6.45) is 4.83. The Labute approximate surface area is 87.9 Å². The van der Waals surface area contributed by atoms with Crippen LogP contribution in [0.3, 0.4) is 0 Å². The van der Waals surface area contributed by atoms with Crippen molar-refractivity contribution in [3.8, 4) is 0 Å². The minimum absolute atomic E-state index is 0.0571. The third-order valence-electron chi connectivity index (χ3n) is 6.03. The smallest absolute Gasteiger partial charge is 0.0571 e. The van der Waals surface area contributed by atoms with Crippen LogP contribution in [0, 0.1) is 22.7 Å². The van der Waals surface area contributed by atoms with Crippen LogP contribution in [0.1, 0.15) is 53.4 Å². The Morgan fingerprint density at radius 3 is 2.21 bits per heavy atom. The second kappa shape index (κ2) is 2.98. The van der Waals surface area contributed by atoms with Crippen molar-refractivity contribution in [1.82, 2.24) is 0 Å². The van der Waals surface area contributed by atoms with Gasteiger partial charge in [0.15, 0.2) is 0 Å². The van der Waals surface area contributed by atoms with E-state index in [2.05, 4.69) is 27.7 Å². The van der Waals surface area contributed by atoms with E-state index >= 15 is 0 Å². The highest BCUT2D eigenvalue weighted by atomic mass is 16.3. The van der Waals surface area contributed by atoms with Crippen LogP contribution >= 0.6 is 0 Å². The molecule has 2 aliphatic carbocycles. The first-order valence-electron chi connectivity index (χ1n) is 6.10. The number of fused-ring (bicyclic) bond motifs is 1. The molecular formula is C13H24O. The van der Waals surface area contributed by atoms with Gasteiger partial charge >= 0.3 is 0 Å². The molecule has 2 aliphatic rings. The molecule has 1 heteroatoms. The molecule has 2 fully saturated rings. The summed E-state index contributed by atoms with van der Waals surface area (Å²) in [6.45, 7) is 9.51. The molecule has 0 aromatic heterocycles. The lowest BCUT2D eigenvalue weighted by atomic mass is 9.52. The van der Waals surface area contributed by atoms with Crippen LogP contribution in [0.4, 0.5) is 0 Å². The van der Waals surface area contributed by atoms with Crippen LogP contribution < -0.4 is 0 Å². The number of aliphatic hydroxyl groups excluding tert-OH is 1. The van der Waals surface area contributed by atoms with Crippen LogP contribution in [0.2, 0.25) is 0 Å². The van der Waals surface area contributed by atoms with Crippen molar-refractivity contribution < 1.29 is 5.11 Å². The topological polar surface area (TPSA) is 20.2 Å². The first-order chi connectivity index (χ1) is 6.42. The third kappa shape index (κ3) is 1.05. The summed E-state index contributed by atoms with van der Waals surface area (Å²) in [4.78, 5) is 0. The van der Waals surface area contributed by atoms with Gasteiger partial charge in [-0.1, -0.05) is 27.7 Å². The van der Waals surface area contributed by atoms with E-state index in [-0.39, 0.29) is 6.10 Å². The minimum atomic E-state index is -0.0571. The Balaban J connectivity index is 2.35. The lowest BCUT2D eigenvalue weighted by Crippen LogP contribution is -2.49. The highest BCUT2D eigenvalue weighted by Gasteiger charge is 2.58. The SMILES string of the molecule is C[C@@H]1CC[C@@]2(C)[C@H](C)[C@@H](O)CC[C@@]12C. The van der Waals surface area contributed by atoms with Crippen molar-refractivity contribution in [3.63, 3.8) is 0 Å². The van der Waals surface area contributed by atoms with Gasteiger partial charge in [-0.2, -0.15) is 0 Å². The zero-order valence-electron chi connectivity index (χ0n) is 10.0. The molecule has 0 heterocycles. The molecule has 5 atom stereocenters. The van der Waals surface area contributed by atoms with Crippen LogP contribution in [0.25, 0.3) is 0 Å². The van der Waals surface area contributed by atoms with Gasteiger partial charge in [-0.25, -0.2) is 0 Å². The predicted molar refractivity (Wildman–Crippen MR) is 59.0 cm³/mol. The number of hydrogen-bond donors (Lipinski definition) is 1. The van der Waals surface area contributed by atoms with Crippen molar-refractivity contribution >= 4 is 0 Å². The fraction of sp³-hybridized carbons (Fsp3) is 1.00. The maximum Gasteiger partial charge on any atom is 0.0571 e. The van der Waals surface area contributed by atoms with Crippen LogP contribution in [0.15, 0.2) is 0 Å². The standard InChI is InChI=1S/C13H24O/c1-9-5-7-13(4)10(2)11(14)6-8-12(9,13)3/h9-11,14H,5-8H2,1-4H3/t9-,10-,11+,12+,13+/m1/s1. The molecule has 1 N–H and O–H groups in total. The van der Waals surface area contributed by atoms with E-state index in [0.29, 0.717) is 16.7 Å². The molecule has 0 unspecified atom stereocenters. The van der Waals surface area contributed by atoms with Gasteiger partial charge in [0.05, 0.1) is 6.10 Å². The summed E-state index contributed by atoms with van der Waals surface area (Å²) in [6, 6.07) is 0. The van der Waals surface area contributed by atoms with Gasteiger partial charge in [-0.05, 0) is 48.3 Å². The van der Waals surface area contributed by atoms with E-state index < -0.39 is 0 Å². The second-order valence-electron chi connectivity index (χ2n) is 6.17. The van der Waals surface area contributed by atoms with Crippen molar-refractivity contribution in [2.24, 2.45) is 22.7 Å². The molecule has 2 saturated carbocycles. The predicted octanol–water partition coefficient (Wildman–Crippen LogP) is 3.22. The zero-order chi connectivity index (χ0) is 10.6. The summed E-state index contributed by atoms with van der Waals surface area (Å²) in [7, 11) is 0. The molecule has 0 aromatic rings. The largest absolute Gasteiger partial charge is 0.393 e. The van der Waals surface area contributed by atoms with Crippen molar-refractivity contribution in [2.75, 3.05) is 0 Å². The maximum absolute atomic E-state index is 9.99. The van der Waals surface area contributed by atoms with E-state index in [4.69, 9.17) is 0 Å². The molecule has 14 heavy (non-hydrogen) atoms. The summed E-state index contributed by atoms with van der Waals surface area (Å²) < 4.78 is 0. The Kier molecular flexibility index (Phi) is 2.23. The van der Waals surface area contributed by atoms with Gasteiger partial charge in [0.2, 0.25) is 0 Å². The van der Waals surface area contributed by atoms with Gasteiger partial charge in [0, 0.05) is 0 Å². The van der Waals surface area contributed by atoms with Gasteiger partial charge < -0.3 is 5.11 Å². The number of aliphatic hydroxyl groups is 1. The quantitative estimate of drug-likeness (QED) is 0.630. The third-order valence-corrected chi connectivity index (χ3v) is 6.03. The fourth-order valence-electron chi connectivity index (χ4n) is 4.09. The average molecular weight is 196 g/mol. The van der Waals surface area contributed by atoms with Crippen molar-refractivity contribution in [1.29, 1.82) is 0 Å². The lowest BCUT2D eigenvalue weighted by molar-refractivity contribution is -0.0922. The van der Waals surface area contributed by atoms with Gasteiger partial charge in [0.1, 0.15) is 0 Å². The molecule has 82 valence electrons. The molecule has 0 aromatic carbocycles. The molecule has 1 nitrogen and oxygen atoms in total. The van der Waals surface area contributed by atoms with Gasteiger partial charge in [0.25, 0.3) is 0 Å². The zero-order valence-corrected chi connectivity index (χ0v) is 10.0. The number of rotatable bonds is 0. The van der Waals surface area contributed by atoms with E-state index in [9.17, 15) is 5.11 Å². The van der Waals surface area contributed by atoms with Crippen LogP contribution in [0.5, 0.6) is 0 Å². The Morgan fingerprint density at radius 2 is 1.57 bits per heavy atom. The molecule has 0 spiro atoms. The average Bonchev–Trinajstić information content (AvgIpc) is 2.39. The van der Waals surface area contributed by atoms with Gasteiger partial charge in [-0.15, -0.1) is 0 Å². The maximum atomic E-state index is 9.99. The Bertz CT molecular complexity index is 237. The van der Waals surface area contributed by atoms with E-state index in [1.807, 2.05) is 0 Å². The summed E-state index contributed by atoms with van der Waals surface area (Å²) >= 11 is 0. The summed E-state index contributed by atoms with van der Waals surface area (Å²) in [5.41, 5.74) is 0.857. The van der Waals surface area contributed by atoms with E-state index in [1.54, 1.807) is 0 Å². The lowest BCUT2D eigenvalue weighted by Gasteiger charge is -2.53. The number of hydrogen-bond acceptors (Lipinski definition) is 1. The summed E-state index contributed by atoms with van der Waals surface area (Å²) in [5.74, 6) is 1.31. The monoisotopic (exact) mass is 196 g/mol. The van der Waals surface area contributed by atoms with Crippen LogP contribution in [-0.2, 0) is 0 Å². The molecule has 0 bridgehead atoms. The van der Waals surface area contributed by atoms with E-state index in [0.717, 1.165) is 12.3 Å². The molecule has 2 rings (SSSR count). The first-order valence-corrected chi connectivity index (χ1v) is 6.10. The normalized spacial score (nSPS) is 58.5. The molecule has 0 radical (unpaired) electrons. The molecular weight excluding hydrogens is 172 g/mol. The van der Waals surface area contributed by atoms with Crippen molar-refractivity contribution in [3.05, 3.63) is 0 Å². The van der Waals surface area contributed by atoms with Crippen molar-refractivity contribution in [2.45, 2.75) is 59.5 Å². The molecule has 0 amide bonds. The van der Waals surface area contributed by atoms with Crippen LogP contribution in [-0.4, -0.2) is 11.2 Å². The highest BCUT2D eigenvalue weighted by Crippen LogP contribution is 2.64. The minimum Gasteiger partial charge on any atom is -0.393 e. The van der Waals surface area contributed by atoms with Gasteiger partial charge in [-0.3, -0.25) is 0 Å². The second-order valence-corrected chi connectivity index (χ2v) is 6.17. The Hall–Kier alpha value is -0.0400. The fourth-order valence-corrected chi connectivity index (χ4v) is 4.09. The molecule has 0 saturated heterocycles. The summed E-state index contributed by atoms with van der Waals surface area (Å²) in [5, 5.41) is 9.99. The highest BCUT2D eigenvalue weighted by molar-refractivity contribution is 5.07. The first kappa shape index (κ1) is 10.5. The molecule has 0 aliphatic heterocycles. The van der Waals surface area contributed by atoms with E-state index in [1.165, 1.54) is 19.3 Å².